The number of amides is 1. The van der Waals surface area contributed by atoms with Crippen molar-refractivity contribution in [1.29, 1.82) is 0 Å². The molecule has 1 aliphatic carbocycles. The van der Waals surface area contributed by atoms with Crippen molar-refractivity contribution in [2.75, 3.05) is 11.9 Å². The van der Waals surface area contributed by atoms with Crippen molar-refractivity contribution >= 4 is 17.6 Å². The van der Waals surface area contributed by atoms with Gasteiger partial charge in [0.2, 0.25) is 5.91 Å². The number of hydrogen-bond donors (Lipinski definition) is 2. The number of carboxylic acid groups (broad SMARTS) is 1. The molecule has 1 unspecified atom stereocenters. The summed E-state index contributed by atoms with van der Waals surface area (Å²) < 4.78 is 0. The number of carboxylic acids is 1. The first-order valence-corrected chi connectivity index (χ1v) is 8.34. The molecule has 2 N–H and O–H groups in total. The van der Waals surface area contributed by atoms with Crippen LogP contribution in [0.15, 0.2) is 30.3 Å². The molecular formula is C18H26N2O3. The van der Waals surface area contributed by atoms with E-state index in [2.05, 4.69) is 5.32 Å². The SMILES string of the molecule is CNC(C(=O)N(c1ccccc1)[C@@H](C)C(=O)O)C1CCCCC1. The molecule has 0 radical (unpaired) electrons. The van der Waals surface area contributed by atoms with Crippen molar-refractivity contribution < 1.29 is 14.7 Å². The summed E-state index contributed by atoms with van der Waals surface area (Å²) in [5, 5.41) is 12.5. The highest BCUT2D eigenvalue weighted by Crippen LogP contribution is 2.29. The fourth-order valence-electron chi connectivity index (χ4n) is 3.42. The van der Waals surface area contributed by atoms with Crippen molar-refractivity contribution in [2.45, 2.75) is 51.1 Å². The molecule has 0 saturated heterocycles. The summed E-state index contributed by atoms with van der Waals surface area (Å²) in [5.41, 5.74) is 0.628. The highest BCUT2D eigenvalue weighted by atomic mass is 16.4. The van der Waals surface area contributed by atoms with Crippen LogP contribution in [0.1, 0.15) is 39.0 Å². The Morgan fingerprint density at radius 3 is 2.30 bits per heavy atom. The molecule has 1 aliphatic rings. The molecule has 0 aliphatic heterocycles. The smallest absolute Gasteiger partial charge is 0.326 e. The predicted octanol–water partition coefficient (Wildman–Crippen LogP) is 2.66. The van der Waals surface area contributed by atoms with Gasteiger partial charge in [0.1, 0.15) is 6.04 Å². The van der Waals surface area contributed by atoms with E-state index in [1.54, 1.807) is 26.1 Å². The number of aliphatic carboxylic acids is 1. The van der Waals surface area contributed by atoms with Gasteiger partial charge in [0, 0.05) is 5.69 Å². The molecular weight excluding hydrogens is 292 g/mol. The average Bonchev–Trinajstić information content (AvgIpc) is 2.57. The summed E-state index contributed by atoms with van der Waals surface area (Å²) in [7, 11) is 1.78. The van der Waals surface area contributed by atoms with Gasteiger partial charge in [-0.05, 0) is 44.9 Å². The van der Waals surface area contributed by atoms with Crippen LogP contribution in [0.4, 0.5) is 5.69 Å². The van der Waals surface area contributed by atoms with Crippen LogP contribution in [0.3, 0.4) is 0 Å². The van der Waals surface area contributed by atoms with Gasteiger partial charge in [0.05, 0.1) is 6.04 Å². The van der Waals surface area contributed by atoms with Crippen molar-refractivity contribution in [3.8, 4) is 0 Å². The molecule has 23 heavy (non-hydrogen) atoms. The molecule has 5 nitrogen and oxygen atoms in total. The minimum absolute atomic E-state index is 0.152. The van der Waals surface area contributed by atoms with Crippen LogP contribution in [-0.4, -0.2) is 36.1 Å². The summed E-state index contributed by atoms with van der Waals surface area (Å²) in [6.07, 6.45) is 5.52. The molecule has 1 aromatic rings. The molecule has 0 spiro atoms. The second kappa shape index (κ2) is 8.11. The molecule has 1 fully saturated rings. The first-order chi connectivity index (χ1) is 11.1. The van der Waals surface area contributed by atoms with E-state index in [0.29, 0.717) is 5.69 Å². The number of nitrogens with one attached hydrogen (secondary N) is 1. The molecule has 2 atom stereocenters. The monoisotopic (exact) mass is 318 g/mol. The van der Waals surface area contributed by atoms with E-state index in [1.165, 1.54) is 11.3 Å². The molecule has 2 rings (SSSR count). The molecule has 1 aromatic carbocycles. The molecule has 1 saturated carbocycles. The average molecular weight is 318 g/mol. The molecule has 0 bridgehead atoms. The van der Waals surface area contributed by atoms with E-state index < -0.39 is 12.0 Å². The number of likely N-dealkylation sites (N-methyl/N-ethyl adjacent to an activating group) is 1. The van der Waals surface area contributed by atoms with Gasteiger partial charge >= 0.3 is 5.97 Å². The minimum atomic E-state index is -0.999. The van der Waals surface area contributed by atoms with Gasteiger partial charge in [-0.15, -0.1) is 0 Å². The van der Waals surface area contributed by atoms with Crippen LogP contribution in [0.25, 0.3) is 0 Å². The zero-order chi connectivity index (χ0) is 16.8. The van der Waals surface area contributed by atoms with Gasteiger partial charge in [-0.1, -0.05) is 37.5 Å². The lowest BCUT2D eigenvalue weighted by atomic mass is 9.83. The number of nitrogens with zero attached hydrogens (tertiary/aromatic N) is 1. The number of anilines is 1. The zero-order valence-electron chi connectivity index (χ0n) is 13.9. The largest absolute Gasteiger partial charge is 0.480 e. The minimum Gasteiger partial charge on any atom is -0.480 e. The maximum atomic E-state index is 13.1. The van der Waals surface area contributed by atoms with Crippen molar-refractivity contribution in [2.24, 2.45) is 5.92 Å². The molecule has 1 amide bonds. The van der Waals surface area contributed by atoms with E-state index in [9.17, 15) is 14.7 Å². The van der Waals surface area contributed by atoms with Gasteiger partial charge < -0.3 is 10.4 Å². The maximum absolute atomic E-state index is 13.1. The number of para-hydroxylation sites is 1. The van der Waals surface area contributed by atoms with Crippen LogP contribution < -0.4 is 10.2 Å². The molecule has 0 heterocycles. The van der Waals surface area contributed by atoms with Crippen LogP contribution in [-0.2, 0) is 9.59 Å². The van der Waals surface area contributed by atoms with E-state index in [4.69, 9.17) is 0 Å². The van der Waals surface area contributed by atoms with Crippen LogP contribution in [0.5, 0.6) is 0 Å². The van der Waals surface area contributed by atoms with E-state index >= 15 is 0 Å². The lowest BCUT2D eigenvalue weighted by molar-refractivity contribution is -0.140. The lowest BCUT2D eigenvalue weighted by Gasteiger charge is -2.35. The van der Waals surface area contributed by atoms with Crippen LogP contribution >= 0.6 is 0 Å². The Bertz CT molecular complexity index is 526. The van der Waals surface area contributed by atoms with Crippen LogP contribution in [0, 0.1) is 5.92 Å². The van der Waals surface area contributed by atoms with Gasteiger partial charge in [-0.2, -0.15) is 0 Å². The Kier molecular flexibility index (Phi) is 6.16. The second-order valence-electron chi connectivity index (χ2n) is 6.22. The third-order valence-corrected chi connectivity index (χ3v) is 4.71. The van der Waals surface area contributed by atoms with Gasteiger partial charge in [0.25, 0.3) is 0 Å². The summed E-state index contributed by atoms with van der Waals surface area (Å²) in [6, 6.07) is 7.82. The number of carbonyl (C=O) groups excluding carboxylic acids is 1. The third-order valence-electron chi connectivity index (χ3n) is 4.71. The summed E-state index contributed by atoms with van der Waals surface area (Å²) in [5.74, 6) is -0.880. The molecule has 126 valence electrons. The van der Waals surface area contributed by atoms with Crippen molar-refractivity contribution in [3.63, 3.8) is 0 Å². The van der Waals surface area contributed by atoms with Crippen LogP contribution in [0.2, 0.25) is 0 Å². The topological polar surface area (TPSA) is 69.6 Å². The Hall–Kier alpha value is -1.88. The number of carbonyl (C=O) groups is 2. The third kappa shape index (κ3) is 4.10. The Morgan fingerprint density at radius 1 is 1.17 bits per heavy atom. The number of hydrogen-bond acceptors (Lipinski definition) is 3. The summed E-state index contributed by atoms with van der Waals surface area (Å²) in [4.78, 5) is 26.0. The first-order valence-electron chi connectivity index (χ1n) is 8.34. The Labute approximate surface area is 137 Å². The zero-order valence-corrected chi connectivity index (χ0v) is 13.9. The van der Waals surface area contributed by atoms with E-state index in [-0.39, 0.29) is 17.9 Å². The summed E-state index contributed by atoms with van der Waals surface area (Å²) in [6.45, 7) is 1.56. The number of rotatable bonds is 6. The predicted molar refractivity (Wildman–Crippen MR) is 90.4 cm³/mol. The summed E-state index contributed by atoms with van der Waals surface area (Å²) >= 11 is 0. The standard InChI is InChI=1S/C18H26N2O3/c1-13(18(22)23)20(15-11-7-4-8-12-15)17(21)16(19-2)14-9-5-3-6-10-14/h4,7-8,11-14,16,19H,3,5-6,9-10H2,1-2H3,(H,22,23)/t13-,16?/m0/s1. The number of benzene rings is 1. The van der Waals surface area contributed by atoms with Gasteiger partial charge in [0.15, 0.2) is 0 Å². The second-order valence-corrected chi connectivity index (χ2v) is 6.22. The highest BCUT2D eigenvalue weighted by molar-refractivity contribution is 6.02. The van der Waals surface area contributed by atoms with Crippen molar-refractivity contribution in [1.82, 2.24) is 5.32 Å². The van der Waals surface area contributed by atoms with Gasteiger partial charge in [-0.3, -0.25) is 9.69 Å². The Morgan fingerprint density at radius 2 is 1.78 bits per heavy atom. The fraction of sp³-hybridized carbons (Fsp3) is 0.556. The quantitative estimate of drug-likeness (QED) is 0.846. The van der Waals surface area contributed by atoms with E-state index in [0.717, 1.165) is 25.7 Å². The fourth-order valence-corrected chi connectivity index (χ4v) is 3.42. The lowest BCUT2D eigenvalue weighted by Crippen LogP contribution is -2.54. The molecule has 5 heteroatoms. The molecule has 0 aromatic heterocycles. The Balaban J connectivity index is 2.29. The maximum Gasteiger partial charge on any atom is 0.326 e. The highest BCUT2D eigenvalue weighted by Gasteiger charge is 2.35. The van der Waals surface area contributed by atoms with E-state index in [1.807, 2.05) is 18.2 Å². The van der Waals surface area contributed by atoms with Crippen molar-refractivity contribution in [3.05, 3.63) is 30.3 Å². The van der Waals surface area contributed by atoms with Gasteiger partial charge in [-0.25, -0.2) is 4.79 Å². The normalized spacial score (nSPS) is 18.2. The first kappa shape index (κ1) is 17.5.